The predicted octanol–water partition coefficient (Wildman–Crippen LogP) is 0.404. The van der Waals surface area contributed by atoms with Gasteiger partial charge in [-0.2, -0.15) is 18.7 Å². The standard InChI is InChI=1S/C20H48N12P.H2O/c1-21-17(25(5)6)29(13)33(30(14)18(22-2)26(7)8,31(15)19(23-3)27(9)10)32(16)20(24-4)28(11)12;/h1-16H3;1H2/q+1;/p-1. The summed E-state index contributed by atoms with van der Waals surface area (Å²) in [4.78, 5) is 26.6. The number of hydrogen-bond donors (Lipinski definition) is 0. The lowest BCUT2D eigenvalue weighted by Crippen LogP contribution is -2.60. The molecule has 0 saturated heterocycles. The van der Waals surface area contributed by atoms with E-state index in [-0.39, 0.29) is 5.48 Å². The third-order valence-corrected chi connectivity index (χ3v) is 9.10. The fraction of sp³-hybridized carbons (Fsp3) is 0.800. The molecular weight excluding hydrogens is 455 g/mol. The number of nitrogens with zero attached hydrogens (tertiary/aromatic N) is 12. The third-order valence-electron chi connectivity index (χ3n) is 5.17. The van der Waals surface area contributed by atoms with Crippen LogP contribution in [0.1, 0.15) is 0 Å². The van der Waals surface area contributed by atoms with Gasteiger partial charge < -0.3 is 25.1 Å². The van der Waals surface area contributed by atoms with Crippen LogP contribution in [0.3, 0.4) is 0 Å². The molecule has 0 aromatic rings. The molecule has 0 atom stereocenters. The van der Waals surface area contributed by atoms with Crippen LogP contribution >= 0.6 is 7.87 Å². The van der Waals surface area contributed by atoms with Crippen LogP contribution in [0, 0.1) is 0 Å². The molecular formula is C20H49N12OP. The van der Waals surface area contributed by atoms with Crippen molar-refractivity contribution in [1.29, 1.82) is 0 Å². The van der Waals surface area contributed by atoms with Crippen molar-refractivity contribution in [2.24, 2.45) is 20.0 Å². The zero-order chi connectivity index (χ0) is 26.3. The van der Waals surface area contributed by atoms with Crippen LogP contribution in [0.25, 0.3) is 0 Å². The third kappa shape index (κ3) is 6.32. The van der Waals surface area contributed by atoms with Gasteiger partial charge in [0, 0.05) is 84.6 Å². The van der Waals surface area contributed by atoms with Crippen molar-refractivity contribution in [3.05, 3.63) is 0 Å². The summed E-state index contributed by atoms with van der Waals surface area (Å²) in [5, 5.41) is 0. The summed E-state index contributed by atoms with van der Waals surface area (Å²) in [6.07, 6.45) is 0. The highest BCUT2D eigenvalue weighted by Gasteiger charge is 2.63. The van der Waals surface area contributed by atoms with E-state index in [2.05, 4.69) is 66.8 Å². The SMILES string of the molecule is CN=C(N(C)C)N(C)[P+](N(C)C(=NC)N(C)C)(N(C)C(=NC)N(C)C)N(C)C(=NC)N(C)C.[OH-]. The lowest BCUT2D eigenvalue weighted by atomic mass is 10.8. The molecule has 0 aromatic heterocycles. The van der Waals surface area contributed by atoms with E-state index in [1.807, 2.05) is 104 Å². The molecule has 34 heavy (non-hydrogen) atoms. The van der Waals surface area contributed by atoms with Gasteiger partial charge in [0.25, 0.3) is 0 Å². The van der Waals surface area contributed by atoms with Gasteiger partial charge in [-0.3, -0.25) is 20.0 Å². The Hall–Kier alpha value is -2.53. The van der Waals surface area contributed by atoms with Crippen LogP contribution in [0.15, 0.2) is 20.0 Å². The van der Waals surface area contributed by atoms with Gasteiger partial charge in [-0.25, -0.2) is 0 Å². The average molecular weight is 505 g/mol. The van der Waals surface area contributed by atoms with Crippen LogP contribution in [0.5, 0.6) is 0 Å². The molecule has 0 spiro atoms. The highest BCUT2D eigenvalue weighted by atomic mass is 31.2. The summed E-state index contributed by atoms with van der Waals surface area (Å²) in [6.45, 7) is 0. The lowest BCUT2D eigenvalue weighted by molar-refractivity contribution is 0.409. The first-order valence-corrected chi connectivity index (χ1v) is 12.2. The summed E-state index contributed by atoms with van der Waals surface area (Å²) >= 11 is 0. The van der Waals surface area contributed by atoms with E-state index in [1.54, 1.807) is 0 Å². The first kappa shape index (κ1) is 33.6. The topological polar surface area (TPSA) is 105 Å². The van der Waals surface area contributed by atoms with E-state index in [4.69, 9.17) is 0 Å². The second-order valence-corrected chi connectivity index (χ2v) is 11.8. The van der Waals surface area contributed by atoms with Crippen LogP contribution in [0.2, 0.25) is 0 Å². The maximum atomic E-state index is 4.65. The van der Waals surface area contributed by atoms with E-state index in [1.165, 1.54) is 0 Å². The van der Waals surface area contributed by atoms with E-state index >= 15 is 0 Å². The molecule has 0 aliphatic heterocycles. The Morgan fingerprint density at radius 2 is 0.529 bits per heavy atom. The smallest absolute Gasteiger partial charge is 0.415 e. The number of rotatable bonds is 4. The van der Waals surface area contributed by atoms with Crippen LogP contribution in [-0.4, -0.2) is 180 Å². The maximum absolute atomic E-state index is 4.65. The second-order valence-electron chi connectivity index (χ2n) is 8.30. The minimum atomic E-state index is -2.72. The fourth-order valence-electron chi connectivity index (χ4n) is 4.22. The van der Waals surface area contributed by atoms with Gasteiger partial charge in [-0.15, -0.1) is 0 Å². The van der Waals surface area contributed by atoms with Crippen molar-refractivity contribution in [2.75, 3.05) is 113 Å². The van der Waals surface area contributed by atoms with Gasteiger partial charge in [-0.05, 0) is 0 Å². The molecule has 200 valence electrons. The summed E-state index contributed by atoms with van der Waals surface area (Å²) in [5.74, 6) is 3.25. The Balaban J connectivity index is 0. The van der Waals surface area contributed by atoms with Crippen molar-refractivity contribution >= 4 is 31.7 Å². The van der Waals surface area contributed by atoms with Gasteiger partial charge >= 0.3 is 7.87 Å². The Labute approximate surface area is 208 Å². The van der Waals surface area contributed by atoms with Crippen LogP contribution < -0.4 is 0 Å². The Morgan fingerprint density at radius 3 is 0.618 bits per heavy atom. The number of guanidine groups is 4. The molecule has 1 N–H and O–H groups in total. The molecule has 0 unspecified atom stereocenters. The largest absolute Gasteiger partial charge is 0.870 e. The predicted molar refractivity (Wildman–Crippen MR) is 148 cm³/mol. The van der Waals surface area contributed by atoms with Crippen molar-refractivity contribution in [3.63, 3.8) is 0 Å². The number of aliphatic imine (C=N–C) groups is 4. The summed E-state index contributed by atoms with van der Waals surface area (Å²) in [6, 6.07) is 0. The minimum Gasteiger partial charge on any atom is -0.870 e. The molecule has 0 heterocycles. The molecule has 0 radical (unpaired) electrons. The van der Waals surface area contributed by atoms with Gasteiger partial charge in [0.05, 0.1) is 28.2 Å². The highest BCUT2D eigenvalue weighted by molar-refractivity contribution is 7.69. The molecule has 0 aliphatic carbocycles. The molecule has 13 nitrogen and oxygen atoms in total. The first-order chi connectivity index (χ1) is 15.2. The highest BCUT2D eigenvalue weighted by Crippen LogP contribution is 2.68. The quantitative estimate of drug-likeness (QED) is 0.306. The van der Waals surface area contributed by atoms with E-state index < -0.39 is 7.87 Å². The molecule has 0 saturated carbocycles. The van der Waals surface area contributed by atoms with Crippen molar-refractivity contribution in [3.8, 4) is 0 Å². The molecule has 0 rings (SSSR count). The summed E-state index contributed by atoms with van der Waals surface area (Å²) in [7, 11) is 28.7. The van der Waals surface area contributed by atoms with Crippen LogP contribution in [-0.2, 0) is 0 Å². The zero-order valence-corrected chi connectivity index (χ0v) is 25.2. The normalized spacial score (nSPS) is 14.6. The molecule has 0 amide bonds. The lowest BCUT2D eigenvalue weighted by Gasteiger charge is -2.50. The van der Waals surface area contributed by atoms with Crippen molar-refractivity contribution in [2.45, 2.75) is 0 Å². The molecule has 0 aliphatic rings. The second kappa shape index (κ2) is 14.0. The number of hydrogen-bond acceptors (Lipinski definition) is 5. The minimum absolute atomic E-state index is 0. The van der Waals surface area contributed by atoms with Gasteiger partial charge in [-0.1, -0.05) is 0 Å². The first-order valence-electron chi connectivity index (χ1n) is 10.6. The Morgan fingerprint density at radius 1 is 0.382 bits per heavy atom. The summed E-state index contributed by atoms with van der Waals surface area (Å²) < 4.78 is 8.85. The summed E-state index contributed by atoms with van der Waals surface area (Å²) in [5.41, 5.74) is 0. The zero-order valence-electron chi connectivity index (χ0n) is 24.3. The fourth-order valence-corrected chi connectivity index (χ4v) is 8.67. The van der Waals surface area contributed by atoms with E-state index in [0.717, 1.165) is 23.8 Å². The van der Waals surface area contributed by atoms with E-state index in [9.17, 15) is 0 Å². The maximum Gasteiger partial charge on any atom is 0.415 e. The molecule has 14 heteroatoms. The van der Waals surface area contributed by atoms with Gasteiger partial charge in [0.1, 0.15) is 0 Å². The molecule has 0 fully saturated rings. The molecule has 0 aromatic carbocycles. The van der Waals surface area contributed by atoms with Crippen molar-refractivity contribution < 1.29 is 5.48 Å². The monoisotopic (exact) mass is 504 g/mol. The van der Waals surface area contributed by atoms with Gasteiger partial charge in [0.15, 0.2) is 0 Å². The Kier molecular flexibility index (Phi) is 13.9. The average Bonchev–Trinajstić information content (AvgIpc) is 2.69. The van der Waals surface area contributed by atoms with Gasteiger partial charge in [0.2, 0.25) is 23.8 Å². The van der Waals surface area contributed by atoms with E-state index in [0.29, 0.717) is 0 Å². The molecule has 0 bridgehead atoms. The Bertz CT molecular complexity index is 622. The van der Waals surface area contributed by atoms with Crippen LogP contribution in [0.4, 0.5) is 0 Å². The van der Waals surface area contributed by atoms with Crippen molar-refractivity contribution in [1.82, 2.24) is 38.3 Å².